The number of nitrogens with two attached hydrogens (primary N) is 1. The molecule has 19 heavy (non-hydrogen) atoms. The lowest BCUT2D eigenvalue weighted by Crippen LogP contribution is -2.39. The maximum absolute atomic E-state index is 11.8. The molecule has 110 valence electrons. The Morgan fingerprint density at radius 3 is 3.00 bits per heavy atom. The Balaban J connectivity index is 1.68. The van der Waals surface area contributed by atoms with Crippen LogP contribution in [0.1, 0.15) is 25.7 Å². The van der Waals surface area contributed by atoms with Crippen molar-refractivity contribution in [3.63, 3.8) is 0 Å². The predicted octanol–water partition coefficient (Wildman–Crippen LogP) is 0.198. The third-order valence-electron chi connectivity index (χ3n) is 4.44. The summed E-state index contributed by atoms with van der Waals surface area (Å²) in [6.45, 7) is 3.96. The number of nitrogens with zero attached hydrogens (tertiary/aromatic N) is 1. The molecule has 2 fully saturated rings. The van der Waals surface area contributed by atoms with Gasteiger partial charge in [0.1, 0.15) is 0 Å². The second kappa shape index (κ2) is 7.22. The average Bonchev–Trinajstić information content (AvgIpc) is 2.79. The van der Waals surface area contributed by atoms with Crippen LogP contribution in [0, 0.1) is 11.8 Å². The second-order valence-corrected chi connectivity index (χ2v) is 5.91. The maximum atomic E-state index is 11.8. The Morgan fingerprint density at radius 2 is 2.26 bits per heavy atom. The van der Waals surface area contributed by atoms with E-state index in [1.807, 2.05) is 0 Å². The van der Waals surface area contributed by atoms with Crippen LogP contribution in [-0.4, -0.2) is 56.7 Å². The van der Waals surface area contributed by atoms with Gasteiger partial charge in [-0.2, -0.15) is 0 Å². The quantitative estimate of drug-likeness (QED) is 0.676. The molecule has 0 bridgehead atoms. The molecule has 0 aromatic heterocycles. The summed E-state index contributed by atoms with van der Waals surface area (Å²) in [5, 5.41) is 2.95. The third kappa shape index (κ3) is 4.16. The summed E-state index contributed by atoms with van der Waals surface area (Å²) < 4.78 is 4.96. The van der Waals surface area contributed by atoms with E-state index in [1.165, 1.54) is 12.8 Å². The second-order valence-electron chi connectivity index (χ2n) is 5.91. The molecule has 3 unspecified atom stereocenters. The van der Waals surface area contributed by atoms with Crippen molar-refractivity contribution >= 4 is 5.91 Å². The largest absolute Gasteiger partial charge is 0.385 e. The van der Waals surface area contributed by atoms with E-state index in [0.717, 1.165) is 25.9 Å². The van der Waals surface area contributed by atoms with Gasteiger partial charge in [0, 0.05) is 39.4 Å². The molecule has 1 aliphatic heterocycles. The first-order valence-corrected chi connectivity index (χ1v) is 7.44. The average molecular weight is 269 g/mol. The van der Waals surface area contributed by atoms with Crippen molar-refractivity contribution < 1.29 is 9.53 Å². The van der Waals surface area contributed by atoms with Crippen LogP contribution < -0.4 is 11.1 Å². The van der Waals surface area contributed by atoms with E-state index in [4.69, 9.17) is 10.5 Å². The highest BCUT2D eigenvalue weighted by Crippen LogP contribution is 2.35. The number of hydrogen-bond acceptors (Lipinski definition) is 4. The van der Waals surface area contributed by atoms with E-state index < -0.39 is 0 Å². The van der Waals surface area contributed by atoms with Gasteiger partial charge in [-0.05, 0) is 31.1 Å². The van der Waals surface area contributed by atoms with E-state index in [9.17, 15) is 4.79 Å². The van der Waals surface area contributed by atoms with Crippen molar-refractivity contribution in [2.75, 3.05) is 39.9 Å². The Morgan fingerprint density at radius 1 is 1.42 bits per heavy atom. The summed E-state index contributed by atoms with van der Waals surface area (Å²) in [6.07, 6.45) is 4.56. The van der Waals surface area contributed by atoms with Gasteiger partial charge < -0.3 is 15.8 Å². The van der Waals surface area contributed by atoms with Gasteiger partial charge in [0.15, 0.2) is 0 Å². The lowest BCUT2D eigenvalue weighted by molar-refractivity contribution is -0.122. The van der Waals surface area contributed by atoms with Gasteiger partial charge in [-0.15, -0.1) is 0 Å². The summed E-state index contributed by atoms with van der Waals surface area (Å²) in [5.74, 6) is 1.45. The first-order chi connectivity index (χ1) is 9.20. The molecular formula is C14H27N3O2. The van der Waals surface area contributed by atoms with E-state index in [0.29, 0.717) is 37.6 Å². The van der Waals surface area contributed by atoms with Gasteiger partial charge in [0.25, 0.3) is 0 Å². The summed E-state index contributed by atoms with van der Waals surface area (Å²) in [5.41, 5.74) is 6.19. The standard InChI is InChI=1S/C14H27N3O2/c1-19-7-3-6-16-14(18)10-17-8-11-4-2-5-13(15)12(11)9-17/h11-13H,2-10,15H2,1H3,(H,16,18). The summed E-state index contributed by atoms with van der Waals surface area (Å²) >= 11 is 0. The molecule has 5 heteroatoms. The fourth-order valence-corrected chi connectivity index (χ4v) is 3.44. The van der Waals surface area contributed by atoms with Crippen molar-refractivity contribution in [3.8, 4) is 0 Å². The van der Waals surface area contributed by atoms with Crippen molar-refractivity contribution in [1.82, 2.24) is 10.2 Å². The van der Waals surface area contributed by atoms with Crippen molar-refractivity contribution in [1.29, 1.82) is 0 Å². The van der Waals surface area contributed by atoms with E-state index in [-0.39, 0.29) is 5.91 Å². The number of rotatable bonds is 6. The van der Waals surface area contributed by atoms with Gasteiger partial charge in [-0.3, -0.25) is 9.69 Å². The zero-order valence-electron chi connectivity index (χ0n) is 11.9. The molecule has 1 saturated heterocycles. The fraction of sp³-hybridized carbons (Fsp3) is 0.929. The smallest absolute Gasteiger partial charge is 0.234 e. The summed E-state index contributed by atoms with van der Waals surface area (Å²) in [6, 6.07) is 0.341. The van der Waals surface area contributed by atoms with E-state index in [2.05, 4.69) is 10.2 Å². The monoisotopic (exact) mass is 269 g/mol. The molecule has 5 nitrogen and oxygen atoms in total. The summed E-state index contributed by atoms with van der Waals surface area (Å²) in [4.78, 5) is 14.1. The Hall–Kier alpha value is -0.650. The van der Waals surface area contributed by atoms with Crippen molar-refractivity contribution in [3.05, 3.63) is 0 Å². The van der Waals surface area contributed by atoms with Crippen LogP contribution in [0.3, 0.4) is 0 Å². The molecule has 1 saturated carbocycles. The molecule has 0 aromatic carbocycles. The topological polar surface area (TPSA) is 67.6 Å². The number of fused-ring (bicyclic) bond motifs is 1. The molecule has 3 atom stereocenters. The molecule has 1 aliphatic carbocycles. The van der Waals surface area contributed by atoms with E-state index in [1.54, 1.807) is 7.11 Å². The number of ether oxygens (including phenoxy) is 1. The van der Waals surface area contributed by atoms with Gasteiger partial charge in [-0.25, -0.2) is 0 Å². The highest BCUT2D eigenvalue weighted by molar-refractivity contribution is 5.78. The number of methoxy groups -OCH3 is 1. The minimum Gasteiger partial charge on any atom is -0.385 e. The van der Waals surface area contributed by atoms with Crippen molar-refractivity contribution in [2.45, 2.75) is 31.7 Å². The number of nitrogens with one attached hydrogen (secondary N) is 1. The van der Waals surface area contributed by atoms with Gasteiger partial charge in [-0.1, -0.05) is 6.42 Å². The molecule has 3 N–H and O–H groups in total. The first-order valence-electron chi connectivity index (χ1n) is 7.44. The lowest BCUT2D eigenvalue weighted by Gasteiger charge is -2.29. The number of carbonyl (C=O) groups is 1. The molecule has 0 radical (unpaired) electrons. The molecule has 2 aliphatic rings. The van der Waals surface area contributed by atoms with Gasteiger partial charge in [0.2, 0.25) is 5.91 Å². The highest BCUT2D eigenvalue weighted by atomic mass is 16.5. The van der Waals surface area contributed by atoms with Crippen LogP contribution in [0.15, 0.2) is 0 Å². The van der Waals surface area contributed by atoms with E-state index >= 15 is 0 Å². The summed E-state index contributed by atoms with van der Waals surface area (Å²) in [7, 11) is 1.68. The molecular weight excluding hydrogens is 242 g/mol. The fourth-order valence-electron chi connectivity index (χ4n) is 3.44. The van der Waals surface area contributed by atoms with Crippen LogP contribution in [0.4, 0.5) is 0 Å². The minimum atomic E-state index is 0.128. The van der Waals surface area contributed by atoms with Gasteiger partial charge >= 0.3 is 0 Å². The molecule has 0 spiro atoms. The Kier molecular flexibility index (Phi) is 5.60. The number of carbonyl (C=O) groups excluding carboxylic acids is 1. The Bertz CT molecular complexity index is 298. The van der Waals surface area contributed by atoms with Crippen LogP contribution in [0.25, 0.3) is 0 Å². The van der Waals surface area contributed by atoms with Crippen LogP contribution in [0.2, 0.25) is 0 Å². The minimum absolute atomic E-state index is 0.128. The molecule has 2 rings (SSSR count). The van der Waals surface area contributed by atoms with Crippen LogP contribution in [0.5, 0.6) is 0 Å². The molecule has 1 heterocycles. The third-order valence-corrected chi connectivity index (χ3v) is 4.44. The van der Waals surface area contributed by atoms with Gasteiger partial charge in [0.05, 0.1) is 6.54 Å². The normalized spacial score (nSPS) is 31.2. The highest BCUT2D eigenvalue weighted by Gasteiger charge is 2.38. The first kappa shape index (κ1) is 14.8. The van der Waals surface area contributed by atoms with Crippen molar-refractivity contribution in [2.24, 2.45) is 17.6 Å². The van der Waals surface area contributed by atoms with Crippen LogP contribution >= 0.6 is 0 Å². The lowest BCUT2D eigenvalue weighted by atomic mass is 9.78. The zero-order chi connectivity index (χ0) is 13.7. The molecule has 1 amide bonds. The Labute approximate surface area is 115 Å². The SMILES string of the molecule is COCCCNC(=O)CN1CC2CCCC(N)C2C1. The predicted molar refractivity (Wildman–Crippen MR) is 74.7 cm³/mol. The number of hydrogen-bond donors (Lipinski definition) is 2. The van der Waals surface area contributed by atoms with Crippen LogP contribution in [-0.2, 0) is 9.53 Å². The maximum Gasteiger partial charge on any atom is 0.234 e. The zero-order valence-corrected chi connectivity index (χ0v) is 11.9. The number of likely N-dealkylation sites (tertiary alicyclic amines) is 1. The number of amides is 1. The molecule has 0 aromatic rings.